The SMILES string of the molecule is Cn1nc(C(F)F)c2cc(O)ccc21. The zero-order valence-electron chi connectivity index (χ0n) is 7.41. The number of aryl methyl sites for hydroxylation is 1. The van der Waals surface area contributed by atoms with Gasteiger partial charge in [-0.3, -0.25) is 4.68 Å². The molecule has 0 unspecified atom stereocenters. The maximum absolute atomic E-state index is 12.5. The summed E-state index contributed by atoms with van der Waals surface area (Å²) >= 11 is 0. The molecule has 0 bridgehead atoms. The monoisotopic (exact) mass is 198 g/mol. The van der Waals surface area contributed by atoms with E-state index in [1.807, 2.05) is 0 Å². The third-order valence-electron chi connectivity index (χ3n) is 2.07. The van der Waals surface area contributed by atoms with Gasteiger partial charge in [0, 0.05) is 12.4 Å². The van der Waals surface area contributed by atoms with Gasteiger partial charge in [-0.05, 0) is 18.2 Å². The maximum Gasteiger partial charge on any atom is 0.282 e. The Morgan fingerprint density at radius 1 is 1.43 bits per heavy atom. The minimum Gasteiger partial charge on any atom is -0.508 e. The van der Waals surface area contributed by atoms with Gasteiger partial charge in [-0.15, -0.1) is 0 Å². The van der Waals surface area contributed by atoms with Gasteiger partial charge in [-0.25, -0.2) is 8.78 Å². The van der Waals surface area contributed by atoms with Crippen LogP contribution < -0.4 is 0 Å². The summed E-state index contributed by atoms with van der Waals surface area (Å²) in [4.78, 5) is 0. The predicted molar refractivity (Wildman–Crippen MR) is 47.3 cm³/mol. The molecule has 1 aromatic carbocycles. The Morgan fingerprint density at radius 2 is 2.14 bits per heavy atom. The number of benzene rings is 1. The highest BCUT2D eigenvalue weighted by Crippen LogP contribution is 2.28. The second-order valence-corrected chi connectivity index (χ2v) is 3.01. The lowest BCUT2D eigenvalue weighted by Crippen LogP contribution is -1.91. The number of fused-ring (bicyclic) bond motifs is 1. The van der Waals surface area contributed by atoms with Crippen LogP contribution in [0.15, 0.2) is 18.2 Å². The Labute approximate surface area is 78.6 Å². The maximum atomic E-state index is 12.5. The van der Waals surface area contributed by atoms with Gasteiger partial charge in [-0.2, -0.15) is 5.10 Å². The zero-order valence-corrected chi connectivity index (χ0v) is 7.41. The van der Waals surface area contributed by atoms with Crippen LogP contribution in [0.5, 0.6) is 5.75 Å². The fraction of sp³-hybridized carbons (Fsp3) is 0.222. The molecule has 0 saturated heterocycles. The Morgan fingerprint density at radius 3 is 2.79 bits per heavy atom. The molecule has 5 heteroatoms. The number of phenolic OH excluding ortho intramolecular Hbond substituents is 1. The van der Waals surface area contributed by atoms with Crippen LogP contribution >= 0.6 is 0 Å². The first-order chi connectivity index (χ1) is 6.59. The van der Waals surface area contributed by atoms with E-state index in [9.17, 15) is 8.78 Å². The molecule has 74 valence electrons. The third kappa shape index (κ3) is 1.21. The lowest BCUT2D eigenvalue weighted by atomic mass is 10.2. The Kier molecular flexibility index (Phi) is 1.87. The molecule has 2 rings (SSSR count). The van der Waals surface area contributed by atoms with Crippen molar-refractivity contribution in [2.45, 2.75) is 6.43 Å². The fourth-order valence-electron chi connectivity index (χ4n) is 1.44. The van der Waals surface area contributed by atoms with E-state index in [0.29, 0.717) is 10.9 Å². The van der Waals surface area contributed by atoms with E-state index >= 15 is 0 Å². The van der Waals surface area contributed by atoms with Crippen LogP contribution in [-0.4, -0.2) is 14.9 Å². The number of hydrogen-bond acceptors (Lipinski definition) is 2. The summed E-state index contributed by atoms with van der Waals surface area (Å²) in [6, 6.07) is 4.30. The van der Waals surface area contributed by atoms with Gasteiger partial charge in [0.05, 0.1) is 5.52 Å². The van der Waals surface area contributed by atoms with Crippen LogP contribution in [-0.2, 0) is 7.05 Å². The van der Waals surface area contributed by atoms with Crippen molar-refractivity contribution in [1.82, 2.24) is 9.78 Å². The van der Waals surface area contributed by atoms with E-state index in [-0.39, 0.29) is 11.4 Å². The number of phenols is 1. The second-order valence-electron chi connectivity index (χ2n) is 3.01. The molecule has 14 heavy (non-hydrogen) atoms. The molecule has 1 N–H and O–H groups in total. The summed E-state index contributed by atoms with van der Waals surface area (Å²) in [6.07, 6.45) is -2.62. The summed E-state index contributed by atoms with van der Waals surface area (Å²) in [5.41, 5.74) is 0.288. The van der Waals surface area contributed by atoms with Crippen LogP contribution in [0.4, 0.5) is 8.78 Å². The van der Waals surface area contributed by atoms with E-state index in [1.165, 1.54) is 16.8 Å². The zero-order chi connectivity index (χ0) is 10.3. The van der Waals surface area contributed by atoms with E-state index in [2.05, 4.69) is 5.10 Å². The first kappa shape index (κ1) is 8.93. The molecule has 2 aromatic rings. The molecule has 1 aromatic heterocycles. The largest absolute Gasteiger partial charge is 0.508 e. The molecule has 0 aliphatic heterocycles. The number of aromatic hydroxyl groups is 1. The van der Waals surface area contributed by atoms with Gasteiger partial charge in [-0.1, -0.05) is 0 Å². The Balaban J connectivity index is 2.79. The van der Waals surface area contributed by atoms with Crippen LogP contribution in [0.1, 0.15) is 12.1 Å². The van der Waals surface area contributed by atoms with E-state index in [0.717, 1.165) is 0 Å². The van der Waals surface area contributed by atoms with Gasteiger partial charge in [0.2, 0.25) is 0 Å². The second kappa shape index (κ2) is 2.94. The first-order valence-corrected chi connectivity index (χ1v) is 4.03. The lowest BCUT2D eigenvalue weighted by molar-refractivity contribution is 0.147. The van der Waals surface area contributed by atoms with Crippen LogP contribution in [0.2, 0.25) is 0 Å². The van der Waals surface area contributed by atoms with Crippen molar-refractivity contribution in [2.24, 2.45) is 7.05 Å². The van der Waals surface area contributed by atoms with Gasteiger partial charge < -0.3 is 5.11 Å². The molecule has 0 fully saturated rings. The van der Waals surface area contributed by atoms with Crippen molar-refractivity contribution < 1.29 is 13.9 Å². The van der Waals surface area contributed by atoms with E-state index < -0.39 is 6.43 Å². The highest BCUT2D eigenvalue weighted by Gasteiger charge is 2.17. The van der Waals surface area contributed by atoms with Crippen LogP contribution in [0.3, 0.4) is 0 Å². The topological polar surface area (TPSA) is 38.0 Å². The molecule has 1 heterocycles. The lowest BCUT2D eigenvalue weighted by Gasteiger charge is -1.95. The fourth-order valence-corrected chi connectivity index (χ4v) is 1.44. The van der Waals surface area contributed by atoms with E-state index in [4.69, 9.17) is 5.11 Å². The molecule has 0 aliphatic rings. The van der Waals surface area contributed by atoms with Gasteiger partial charge in [0.15, 0.2) is 0 Å². The molecule has 3 nitrogen and oxygen atoms in total. The molecular formula is C9H8F2N2O. The van der Waals surface area contributed by atoms with Gasteiger partial charge in [0.25, 0.3) is 6.43 Å². The minimum atomic E-state index is -2.62. The van der Waals surface area contributed by atoms with Crippen molar-refractivity contribution in [3.05, 3.63) is 23.9 Å². The smallest absolute Gasteiger partial charge is 0.282 e. The minimum absolute atomic E-state index is 0.0348. The molecule has 0 atom stereocenters. The summed E-state index contributed by atoms with van der Waals surface area (Å²) in [5.74, 6) is -0.0348. The molecule has 0 saturated carbocycles. The van der Waals surface area contributed by atoms with Crippen molar-refractivity contribution in [3.63, 3.8) is 0 Å². The predicted octanol–water partition coefficient (Wildman–Crippen LogP) is 2.22. The first-order valence-electron chi connectivity index (χ1n) is 4.03. The third-order valence-corrected chi connectivity index (χ3v) is 2.07. The number of hydrogen-bond donors (Lipinski definition) is 1. The number of rotatable bonds is 1. The Hall–Kier alpha value is -1.65. The van der Waals surface area contributed by atoms with Crippen molar-refractivity contribution in [1.29, 1.82) is 0 Å². The number of halogens is 2. The summed E-state index contributed by atoms with van der Waals surface area (Å²) < 4.78 is 26.3. The molecular weight excluding hydrogens is 190 g/mol. The summed E-state index contributed by atoms with van der Waals surface area (Å²) in [6.45, 7) is 0. The normalized spacial score (nSPS) is 11.4. The highest BCUT2D eigenvalue weighted by atomic mass is 19.3. The highest BCUT2D eigenvalue weighted by molar-refractivity contribution is 5.83. The standard InChI is InChI=1S/C9H8F2N2O/c1-13-7-3-2-5(14)4-6(7)8(12-13)9(10)11/h2-4,9,14H,1H3. The average molecular weight is 198 g/mol. The molecule has 0 spiro atoms. The number of nitrogens with zero attached hydrogens (tertiary/aromatic N) is 2. The molecule has 0 amide bonds. The summed E-state index contributed by atoms with van der Waals surface area (Å²) in [7, 11) is 1.59. The van der Waals surface area contributed by atoms with Crippen molar-refractivity contribution in [3.8, 4) is 5.75 Å². The van der Waals surface area contributed by atoms with E-state index in [1.54, 1.807) is 13.1 Å². The summed E-state index contributed by atoms with van der Waals surface area (Å²) in [5, 5.41) is 13.1. The van der Waals surface area contributed by atoms with Crippen molar-refractivity contribution >= 4 is 10.9 Å². The van der Waals surface area contributed by atoms with Crippen molar-refractivity contribution in [2.75, 3.05) is 0 Å². The van der Waals surface area contributed by atoms with Crippen LogP contribution in [0.25, 0.3) is 10.9 Å². The number of aromatic nitrogens is 2. The molecule has 0 aliphatic carbocycles. The van der Waals surface area contributed by atoms with Gasteiger partial charge in [0.1, 0.15) is 11.4 Å². The Bertz CT molecular complexity index is 479. The quantitative estimate of drug-likeness (QED) is 0.762. The average Bonchev–Trinajstić information content (AvgIpc) is 2.43. The van der Waals surface area contributed by atoms with Gasteiger partial charge >= 0.3 is 0 Å². The number of alkyl halides is 2. The van der Waals surface area contributed by atoms with Crippen LogP contribution in [0, 0.1) is 0 Å². The molecule has 0 radical (unpaired) electrons.